The topological polar surface area (TPSA) is 85.9 Å². The summed E-state index contributed by atoms with van der Waals surface area (Å²) in [6.45, 7) is 7.53. The smallest absolute Gasteiger partial charge is 0.237 e. The molecule has 0 bridgehead atoms. The fourth-order valence-electron chi connectivity index (χ4n) is 2.06. The highest BCUT2D eigenvalue weighted by atomic mass is 16.2. The molecule has 1 saturated heterocycles. The third-order valence-electron chi connectivity index (χ3n) is 3.28. The number of aromatic amines is 1. The molecule has 1 aliphatic rings. The van der Waals surface area contributed by atoms with Gasteiger partial charge in [-0.05, 0) is 13.8 Å². The highest BCUT2D eigenvalue weighted by molar-refractivity contribution is 5.81. The van der Waals surface area contributed by atoms with E-state index in [9.17, 15) is 4.79 Å². The quantitative estimate of drug-likeness (QED) is 0.658. The summed E-state index contributed by atoms with van der Waals surface area (Å²) in [5.41, 5.74) is 0. The van der Waals surface area contributed by atoms with E-state index in [4.69, 9.17) is 0 Å². The highest BCUT2D eigenvalue weighted by Crippen LogP contribution is 2.07. The van der Waals surface area contributed by atoms with Crippen molar-refractivity contribution in [1.82, 2.24) is 30.7 Å². The Morgan fingerprint density at radius 1 is 1.44 bits per heavy atom. The van der Waals surface area contributed by atoms with Crippen LogP contribution in [0.4, 0.5) is 0 Å². The Hall–Kier alpha value is -1.47. The monoisotopic (exact) mass is 252 g/mol. The summed E-state index contributed by atoms with van der Waals surface area (Å²) >= 11 is 0. The van der Waals surface area contributed by atoms with Crippen molar-refractivity contribution in [3.05, 3.63) is 12.2 Å². The van der Waals surface area contributed by atoms with Gasteiger partial charge < -0.3 is 10.6 Å². The standard InChI is InChI=1S/C11H20N6O/c1-8(10-13-7-14-16-10)15-11(18)9(2)17-5-3-12-4-6-17/h7-9,12H,3-6H2,1-2H3,(H,15,18)(H,13,14,16). The molecule has 0 saturated carbocycles. The molecule has 3 N–H and O–H groups in total. The number of nitrogens with zero attached hydrogens (tertiary/aromatic N) is 3. The van der Waals surface area contributed by atoms with Crippen LogP contribution in [-0.4, -0.2) is 58.2 Å². The van der Waals surface area contributed by atoms with Gasteiger partial charge in [0, 0.05) is 26.2 Å². The first kappa shape index (κ1) is 13.0. The van der Waals surface area contributed by atoms with E-state index < -0.39 is 0 Å². The number of hydrogen-bond acceptors (Lipinski definition) is 5. The molecule has 100 valence electrons. The molecule has 7 heteroatoms. The number of carbonyl (C=O) groups is 1. The number of carbonyl (C=O) groups excluding carboxylic acids is 1. The van der Waals surface area contributed by atoms with Crippen LogP contribution >= 0.6 is 0 Å². The average Bonchev–Trinajstić information content (AvgIpc) is 2.92. The van der Waals surface area contributed by atoms with Crippen LogP contribution in [0.1, 0.15) is 25.7 Å². The van der Waals surface area contributed by atoms with Crippen LogP contribution in [0.15, 0.2) is 6.33 Å². The number of piperazine rings is 1. The van der Waals surface area contributed by atoms with Crippen LogP contribution in [0, 0.1) is 0 Å². The zero-order valence-electron chi connectivity index (χ0n) is 10.8. The zero-order chi connectivity index (χ0) is 13.0. The van der Waals surface area contributed by atoms with E-state index in [-0.39, 0.29) is 18.0 Å². The lowest BCUT2D eigenvalue weighted by Crippen LogP contribution is -2.52. The van der Waals surface area contributed by atoms with E-state index in [0.29, 0.717) is 5.82 Å². The molecule has 2 heterocycles. The van der Waals surface area contributed by atoms with Gasteiger partial charge in [-0.25, -0.2) is 4.98 Å². The second-order valence-corrected chi connectivity index (χ2v) is 4.56. The Kier molecular flexibility index (Phi) is 4.27. The van der Waals surface area contributed by atoms with Gasteiger partial charge in [0.1, 0.15) is 12.2 Å². The first-order chi connectivity index (χ1) is 8.68. The molecule has 0 aliphatic carbocycles. The third kappa shape index (κ3) is 3.05. The van der Waals surface area contributed by atoms with Crippen molar-refractivity contribution in [2.75, 3.05) is 26.2 Å². The Morgan fingerprint density at radius 3 is 2.78 bits per heavy atom. The van der Waals surface area contributed by atoms with Gasteiger partial charge in [-0.2, -0.15) is 5.10 Å². The third-order valence-corrected chi connectivity index (χ3v) is 3.28. The molecule has 0 radical (unpaired) electrons. The van der Waals surface area contributed by atoms with E-state index in [1.54, 1.807) is 0 Å². The summed E-state index contributed by atoms with van der Waals surface area (Å²) in [4.78, 5) is 18.3. The molecule has 1 aromatic rings. The number of aromatic nitrogens is 3. The van der Waals surface area contributed by atoms with Gasteiger partial charge in [0.15, 0.2) is 0 Å². The van der Waals surface area contributed by atoms with Gasteiger partial charge in [-0.3, -0.25) is 14.8 Å². The van der Waals surface area contributed by atoms with Gasteiger partial charge in [0.05, 0.1) is 12.1 Å². The van der Waals surface area contributed by atoms with Crippen molar-refractivity contribution in [1.29, 1.82) is 0 Å². The van der Waals surface area contributed by atoms with Gasteiger partial charge in [0.2, 0.25) is 5.91 Å². The Morgan fingerprint density at radius 2 is 2.17 bits per heavy atom. The molecular weight excluding hydrogens is 232 g/mol. The van der Waals surface area contributed by atoms with Crippen molar-refractivity contribution in [2.24, 2.45) is 0 Å². The lowest BCUT2D eigenvalue weighted by Gasteiger charge is -2.32. The van der Waals surface area contributed by atoms with E-state index in [1.807, 2.05) is 13.8 Å². The predicted molar refractivity (Wildman–Crippen MR) is 66.8 cm³/mol. The fraction of sp³-hybridized carbons (Fsp3) is 0.727. The van der Waals surface area contributed by atoms with E-state index >= 15 is 0 Å². The lowest BCUT2D eigenvalue weighted by molar-refractivity contribution is -0.126. The average molecular weight is 252 g/mol. The van der Waals surface area contributed by atoms with Crippen LogP contribution in [0.25, 0.3) is 0 Å². The van der Waals surface area contributed by atoms with Gasteiger partial charge >= 0.3 is 0 Å². The zero-order valence-corrected chi connectivity index (χ0v) is 10.8. The molecule has 0 spiro atoms. The van der Waals surface area contributed by atoms with Crippen LogP contribution in [0.2, 0.25) is 0 Å². The summed E-state index contributed by atoms with van der Waals surface area (Å²) < 4.78 is 0. The number of hydrogen-bond donors (Lipinski definition) is 3. The summed E-state index contributed by atoms with van der Waals surface area (Å²) in [7, 11) is 0. The van der Waals surface area contributed by atoms with Gasteiger partial charge in [-0.1, -0.05) is 0 Å². The summed E-state index contributed by atoms with van der Waals surface area (Å²) in [6, 6.07) is -0.261. The maximum atomic E-state index is 12.1. The van der Waals surface area contributed by atoms with Crippen molar-refractivity contribution in [2.45, 2.75) is 25.9 Å². The summed E-state index contributed by atoms with van der Waals surface area (Å²) in [5.74, 6) is 0.705. The van der Waals surface area contributed by atoms with Crippen molar-refractivity contribution >= 4 is 5.91 Å². The minimum absolute atomic E-state index is 0.0285. The van der Waals surface area contributed by atoms with Crippen molar-refractivity contribution in [3.8, 4) is 0 Å². The SMILES string of the molecule is CC(NC(=O)C(C)N1CCNCC1)c1ncn[nH]1. The molecule has 1 fully saturated rings. The van der Waals surface area contributed by atoms with Crippen molar-refractivity contribution in [3.63, 3.8) is 0 Å². The number of H-pyrrole nitrogens is 1. The Labute approximate surface area is 106 Å². The van der Waals surface area contributed by atoms with Crippen molar-refractivity contribution < 1.29 is 4.79 Å². The Balaban J connectivity index is 1.86. The molecule has 2 atom stereocenters. The lowest BCUT2D eigenvalue weighted by atomic mass is 10.2. The minimum Gasteiger partial charge on any atom is -0.345 e. The molecule has 2 unspecified atom stereocenters. The van der Waals surface area contributed by atoms with Crippen LogP contribution in [0.3, 0.4) is 0 Å². The van der Waals surface area contributed by atoms with E-state index in [0.717, 1.165) is 26.2 Å². The summed E-state index contributed by atoms with van der Waals surface area (Å²) in [5, 5.41) is 12.8. The number of nitrogens with one attached hydrogen (secondary N) is 3. The molecule has 1 aromatic heterocycles. The maximum Gasteiger partial charge on any atom is 0.237 e. The largest absolute Gasteiger partial charge is 0.345 e. The molecule has 18 heavy (non-hydrogen) atoms. The minimum atomic E-state index is -0.148. The normalized spacial score (nSPS) is 20.3. The first-order valence-electron chi connectivity index (χ1n) is 6.29. The second kappa shape index (κ2) is 5.92. The van der Waals surface area contributed by atoms with Gasteiger partial charge in [-0.15, -0.1) is 0 Å². The molecule has 7 nitrogen and oxygen atoms in total. The number of rotatable bonds is 4. The second-order valence-electron chi connectivity index (χ2n) is 4.56. The first-order valence-corrected chi connectivity index (χ1v) is 6.29. The fourth-order valence-corrected chi connectivity index (χ4v) is 2.06. The molecular formula is C11H20N6O. The van der Waals surface area contributed by atoms with Crippen LogP contribution in [-0.2, 0) is 4.79 Å². The predicted octanol–water partition coefficient (Wildman–Crippen LogP) is -0.724. The Bertz CT molecular complexity index is 373. The molecule has 1 aliphatic heterocycles. The molecule has 2 rings (SSSR count). The van der Waals surface area contributed by atoms with E-state index in [1.165, 1.54) is 6.33 Å². The molecule has 0 aromatic carbocycles. The highest BCUT2D eigenvalue weighted by Gasteiger charge is 2.24. The molecule has 1 amide bonds. The maximum absolute atomic E-state index is 12.1. The number of amides is 1. The van der Waals surface area contributed by atoms with Crippen LogP contribution in [0.5, 0.6) is 0 Å². The van der Waals surface area contributed by atoms with E-state index in [2.05, 4.69) is 30.7 Å². The summed E-state index contributed by atoms with van der Waals surface area (Å²) in [6.07, 6.45) is 1.44. The van der Waals surface area contributed by atoms with Crippen LogP contribution < -0.4 is 10.6 Å². The van der Waals surface area contributed by atoms with Gasteiger partial charge in [0.25, 0.3) is 0 Å².